The van der Waals surface area contributed by atoms with Gasteiger partial charge in [-0.05, 0) is 31.2 Å². The lowest BCUT2D eigenvalue weighted by molar-refractivity contribution is -0.117. The average molecular weight is 241 g/mol. The number of carbonyl (C=O) groups excluding carboxylic acids is 1. The summed E-state index contributed by atoms with van der Waals surface area (Å²) in [6.07, 6.45) is 0.435. The minimum Gasteiger partial charge on any atom is -0.326 e. The number of fused-ring (bicyclic) bond motifs is 1. The molecule has 1 aromatic heterocycles. The molecule has 0 bridgehead atoms. The second kappa shape index (κ2) is 4.07. The lowest BCUT2D eigenvalue weighted by Crippen LogP contribution is -2.27. The van der Waals surface area contributed by atoms with Gasteiger partial charge in [0, 0.05) is 35.8 Å². The van der Waals surface area contributed by atoms with Gasteiger partial charge < -0.3 is 10.6 Å². The molecule has 2 heterocycles. The van der Waals surface area contributed by atoms with Crippen LogP contribution in [0.3, 0.4) is 0 Å². The summed E-state index contributed by atoms with van der Waals surface area (Å²) in [5, 5.41) is 1.05. The van der Waals surface area contributed by atoms with Crippen molar-refractivity contribution in [2.75, 3.05) is 11.4 Å². The maximum absolute atomic E-state index is 11.8. The van der Waals surface area contributed by atoms with E-state index in [1.807, 2.05) is 37.3 Å². The number of aryl methyl sites for hydroxylation is 1. The molecule has 0 spiro atoms. The van der Waals surface area contributed by atoms with Crippen molar-refractivity contribution in [3.05, 3.63) is 36.0 Å². The summed E-state index contributed by atoms with van der Waals surface area (Å²) >= 11 is 0. The summed E-state index contributed by atoms with van der Waals surface area (Å²) < 4.78 is 0. The number of carbonyl (C=O) groups is 1. The van der Waals surface area contributed by atoms with Gasteiger partial charge in [-0.15, -0.1) is 0 Å². The van der Waals surface area contributed by atoms with Crippen LogP contribution in [0.25, 0.3) is 10.9 Å². The average Bonchev–Trinajstić information content (AvgIpc) is 2.68. The Balaban J connectivity index is 2.03. The summed E-state index contributed by atoms with van der Waals surface area (Å²) in [7, 11) is 0. The van der Waals surface area contributed by atoms with E-state index in [-0.39, 0.29) is 11.9 Å². The summed E-state index contributed by atoms with van der Waals surface area (Å²) in [6.45, 7) is 2.57. The van der Waals surface area contributed by atoms with Crippen molar-refractivity contribution in [3.8, 4) is 0 Å². The first-order valence-electron chi connectivity index (χ1n) is 6.07. The second-order valence-corrected chi connectivity index (χ2v) is 4.80. The zero-order valence-corrected chi connectivity index (χ0v) is 10.3. The molecule has 4 nitrogen and oxygen atoms in total. The van der Waals surface area contributed by atoms with Crippen LogP contribution in [0.5, 0.6) is 0 Å². The fourth-order valence-electron chi connectivity index (χ4n) is 2.37. The van der Waals surface area contributed by atoms with Crippen LogP contribution in [0.1, 0.15) is 12.1 Å². The zero-order valence-electron chi connectivity index (χ0n) is 10.3. The number of benzene rings is 1. The van der Waals surface area contributed by atoms with E-state index >= 15 is 0 Å². The first kappa shape index (κ1) is 11.2. The van der Waals surface area contributed by atoms with Crippen molar-refractivity contribution < 1.29 is 4.79 Å². The summed E-state index contributed by atoms with van der Waals surface area (Å²) in [5.41, 5.74) is 8.67. The number of hydrogen-bond acceptors (Lipinski definition) is 3. The molecule has 92 valence electrons. The first-order valence-corrected chi connectivity index (χ1v) is 6.07. The summed E-state index contributed by atoms with van der Waals surface area (Å²) in [6, 6.07) is 9.84. The fourth-order valence-corrected chi connectivity index (χ4v) is 2.37. The number of nitrogens with zero attached hydrogens (tertiary/aromatic N) is 2. The zero-order chi connectivity index (χ0) is 12.7. The predicted octanol–water partition coefficient (Wildman–Crippen LogP) is 1.61. The van der Waals surface area contributed by atoms with E-state index in [4.69, 9.17) is 5.73 Å². The Kier molecular flexibility index (Phi) is 2.52. The van der Waals surface area contributed by atoms with Crippen molar-refractivity contribution in [2.24, 2.45) is 5.73 Å². The van der Waals surface area contributed by atoms with E-state index in [9.17, 15) is 4.79 Å². The Labute approximate surface area is 105 Å². The van der Waals surface area contributed by atoms with Crippen LogP contribution in [0, 0.1) is 6.92 Å². The molecule has 1 saturated heterocycles. The number of anilines is 1. The molecule has 1 aliphatic rings. The molecule has 3 rings (SSSR count). The normalized spacial score (nSPS) is 19.8. The van der Waals surface area contributed by atoms with Gasteiger partial charge in [-0.25, -0.2) is 0 Å². The highest BCUT2D eigenvalue weighted by atomic mass is 16.2. The van der Waals surface area contributed by atoms with Crippen LogP contribution in [0.4, 0.5) is 5.69 Å². The van der Waals surface area contributed by atoms with Gasteiger partial charge in [0.05, 0.1) is 5.52 Å². The van der Waals surface area contributed by atoms with Gasteiger partial charge >= 0.3 is 0 Å². The third-order valence-electron chi connectivity index (χ3n) is 3.28. The van der Waals surface area contributed by atoms with Gasteiger partial charge in [0.1, 0.15) is 0 Å². The van der Waals surface area contributed by atoms with Crippen LogP contribution in [-0.4, -0.2) is 23.5 Å². The number of rotatable bonds is 1. The summed E-state index contributed by atoms with van der Waals surface area (Å²) in [5.74, 6) is 0.0990. The minimum absolute atomic E-state index is 0.0515. The number of nitrogens with two attached hydrogens (primary N) is 1. The highest BCUT2D eigenvalue weighted by molar-refractivity contribution is 5.98. The van der Waals surface area contributed by atoms with Gasteiger partial charge in [-0.3, -0.25) is 9.78 Å². The fraction of sp³-hybridized carbons (Fsp3) is 0.286. The van der Waals surface area contributed by atoms with Crippen molar-refractivity contribution >= 4 is 22.5 Å². The molecule has 2 N–H and O–H groups in total. The Morgan fingerprint density at radius 2 is 2.17 bits per heavy atom. The molecule has 1 unspecified atom stereocenters. The smallest absolute Gasteiger partial charge is 0.228 e. The van der Waals surface area contributed by atoms with Gasteiger partial charge in [0.15, 0.2) is 0 Å². The SMILES string of the molecule is Cc1ccc2cc(N3CC(N)CC3=O)ccc2n1. The van der Waals surface area contributed by atoms with Gasteiger partial charge in [0.2, 0.25) is 5.91 Å². The van der Waals surface area contributed by atoms with E-state index in [1.54, 1.807) is 4.90 Å². The lowest BCUT2D eigenvalue weighted by Gasteiger charge is -2.16. The van der Waals surface area contributed by atoms with Crippen LogP contribution in [0.2, 0.25) is 0 Å². The maximum Gasteiger partial charge on any atom is 0.228 e. The highest BCUT2D eigenvalue weighted by Crippen LogP contribution is 2.24. The predicted molar refractivity (Wildman–Crippen MR) is 71.4 cm³/mol. The van der Waals surface area contributed by atoms with Gasteiger partial charge in [-0.1, -0.05) is 6.07 Å². The number of hydrogen-bond donors (Lipinski definition) is 1. The van der Waals surface area contributed by atoms with Crippen molar-refractivity contribution in [1.82, 2.24) is 4.98 Å². The molecule has 1 amide bonds. The standard InChI is InChI=1S/C14H15N3O/c1-9-2-3-10-6-12(4-5-13(10)16-9)17-8-11(15)7-14(17)18/h2-6,11H,7-8,15H2,1H3. The first-order chi connectivity index (χ1) is 8.63. The Morgan fingerprint density at radius 3 is 2.89 bits per heavy atom. The molecule has 0 saturated carbocycles. The molecule has 2 aromatic rings. The van der Waals surface area contributed by atoms with E-state index < -0.39 is 0 Å². The molecule has 4 heteroatoms. The Bertz CT molecular complexity index is 623. The van der Waals surface area contributed by atoms with E-state index in [0.717, 1.165) is 22.3 Å². The number of aromatic nitrogens is 1. The molecule has 0 radical (unpaired) electrons. The number of amides is 1. The topological polar surface area (TPSA) is 59.2 Å². The number of pyridine rings is 1. The molecule has 1 atom stereocenters. The quantitative estimate of drug-likeness (QED) is 0.825. The van der Waals surface area contributed by atoms with Crippen molar-refractivity contribution in [2.45, 2.75) is 19.4 Å². The van der Waals surface area contributed by atoms with Gasteiger partial charge in [0.25, 0.3) is 0 Å². The van der Waals surface area contributed by atoms with Crippen molar-refractivity contribution in [3.63, 3.8) is 0 Å². The lowest BCUT2D eigenvalue weighted by atomic mass is 10.1. The van der Waals surface area contributed by atoms with Crippen molar-refractivity contribution in [1.29, 1.82) is 0 Å². The molecule has 1 aromatic carbocycles. The van der Waals surface area contributed by atoms with Crippen LogP contribution >= 0.6 is 0 Å². The maximum atomic E-state index is 11.8. The van der Waals surface area contributed by atoms with Crippen LogP contribution in [-0.2, 0) is 4.79 Å². The highest BCUT2D eigenvalue weighted by Gasteiger charge is 2.27. The third kappa shape index (κ3) is 1.84. The Morgan fingerprint density at radius 1 is 1.33 bits per heavy atom. The molecule has 0 aliphatic carbocycles. The van der Waals surface area contributed by atoms with E-state index in [0.29, 0.717) is 13.0 Å². The van der Waals surface area contributed by atoms with Crippen LogP contribution < -0.4 is 10.6 Å². The molecular weight excluding hydrogens is 226 g/mol. The van der Waals surface area contributed by atoms with E-state index in [1.165, 1.54) is 0 Å². The third-order valence-corrected chi connectivity index (χ3v) is 3.28. The minimum atomic E-state index is -0.0515. The Hall–Kier alpha value is -1.94. The van der Waals surface area contributed by atoms with Gasteiger partial charge in [-0.2, -0.15) is 0 Å². The monoisotopic (exact) mass is 241 g/mol. The molecular formula is C14H15N3O. The molecule has 18 heavy (non-hydrogen) atoms. The van der Waals surface area contributed by atoms with E-state index in [2.05, 4.69) is 4.98 Å². The second-order valence-electron chi connectivity index (χ2n) is 4.80. The largest absolute Gasteiger partial charge is 0.326 e. The molecule has 1 aliphatic heterocycles. The van der Waals surface area contributed by atoms with Crippen LogP contribution in [0.15, 0.2) is 30.3 Å². The summed E-state index contributed by atoms with van der Waals surface area (Å²) in [4.78, 5) is 18.0. The molecule has 1 fully saturated rings.